The summed E-state index contributed by atoms with van der Waals surface area (Å²) in [6, 6.07) is 101. The molecule has 344 valence electrons. The van der Waals surface area contributed by atoms with Gasteiger partial charge in [0.1, 0.15) is 0 Å². The largest absolute Gasteiger partial charge is 0.310 e. The Morgan fingerprint density at radius 2 is 0.699 bits per heavy atom. The summed E-state index contributed by atoms with van der Waals surface area (Å²) in [6.07, 6.45) is 0. The van der Waals surface area contributed by atoms with E-state index in [0.717, 1.165) is 62.2 Å². The Balaban J connectivity index is 0.960. The van der Waals surface area contributed by atoms with Crippen molar-refractivity contribution in [2.45, 2.75) is 0 Å². The molecule has 0 saturated heterocycles. The molecular formula is C68H46N4S. The van der Waals surface area contributed by atoms with Gasteiger partial charge in [-0.3, -0.25) is 0 Å². The van der Waals surface area contributed by atoms with E-state index in [-0.39, 0.29) is 0 Å². The minimum atomic E-state index is 1.08. The second-order valence-corrected chi connectivity index (χ2v) is 19.6. The van der Waals surface area contributed by atoms with Crippen LogP contribution in [0.3, 0.4) is 0 Å². The van der Waals surface area contributed by atoms with Gasteiger partial charge in [0.05, 0.1) is 21.4 Å². The summed E-state index contributed by atoms with van der Waals surface area (Å²) in [7, 11) is 0. The van der Waals surface area contributed by atoms with Crippen molar-refractivity contribution in [3.05, 3.63) is 279 Å². The smallest absolute Gasteiger partial charge is 0.0646 e. The normalized spacial score (nSPS) is 11.6. The molecule has 2 aromatic heterocycles. The van der Waals surface area contributed by atoms with Gasteiger partial charge in [0.15, 0.2) is 0 Å². The van der Waals surface area contributed by atoms with Crippen LogP contribution in [-0.2, 0) is 0 Å². The SMILES string of the molecule is c1ccc(N(c2ccc3ccccc3c2)c2ccc3c4ccc(N(c5ccccc5)c5ccc6c(c5)sc5c(N(c7ccccc7)c7ccccc7)cc7ccccc7c56)cc4n(-c4ccccc4)c3c2)cc1. The van der Waals surface area contributed by atoms with Crippen LogP contribution in [0.4, 0.5) is 51.2 Å². The number of anilines is 9. The van der Waals surface area contributed by atoms with E-state index in [0.29, 0.717) is 0 Å². The summed E-state index contributed by atoms with van der Waals surface area (Å²) in [5.74, 6) is 0. The monoisotopic (exact) mass is 950 g/mol. The third-order valence-electron chi connectivity index (χ3n) is 14.2. The Morgan fingerprint density at radius 3 is 1.26 bits per heavy atom. The fourth-order valence-electron chi connectivity index (χ4n) is 11.0. The van der Waals surface area contributed by atoms with Crippen molar-refractivity contribution in [1.82, 2.24) is 4.57 Å². The van der Waals surface area contributed by atoms with Crippen molar-refractivity contribution in [2.75, 3.05) is 14.7 Å². The zero-order valence-corrected chi connectivity index (χ0v) is 40.6. The minimum Gasteiger partial charge on any atom is -0.310 e. The Kier molecular flexibility index (Phi) is 10.3. The van der Waals surface area contributed by atoms with Gasteiger partial charge in [-0.15, -0.1) is 11.3 Å². The van der Waals surface area contributed by atoms with Gasteiger partial charge >= 0.3 is 0 Å². The van der Waals surface area contributed by atoms with Gasteiger partial charge in [-0.2, -0.15) is 0 Å². The number of nitrogens with zero attached hydrogens (tertiary/aromatic N) is 4. The Bertz CT molecular complexity index is 4280. The standard InChI is InChI=1S/C68H46N4S/c1-6-23-50(24-7-1)69(55-35-34-47-20-16-17-21-48(47)42-55)56-36-39-60-61-40-37-57(45-64(61)72(63(60)44-56)54-31-14-5-15-32-54)70(51-25-8-2-9-26-51)58-38-41-62-66(46-58)73-68-65(43-49-22-18-19-33-59(49)67(62)68)71(52-27-10-3-11-28-52)53-29-12-4-13-30-53/h1-46H. The van der Waals surface area contributed by atoms with Crippen LogP contribution in [0.15, 0.2) is 279 Å². The van der Waals surface area contributed by atoms with Crippen LogP contribution in [0.2, 0.25) is 0 Å². The predicted molar refractivity (Wildman–Crippen MR) is 313 cm³/mol. The van der Waals surface area contributed by atoms with E-state index in [1.54, 1.807) is 0 Å². The second-order valence-electron chi connectivity index (χ2n) is 18.6. The lowest BCUT2D eigenvalue weighted by atomic mass is 10.0. The number of aromatic nitrogens is 1. The van der Waals surface area contributed by atoms with Crippen molar-refractivity contribution >= 4 is 126 Å². The Labute approximate surface area is 427 Å². The van der Waals surface area contributed by atoms with E-state index in [9.17, 15) is 0 Å². The first-order valence-corrected chi connectivity index (χ1v) is 25.6. The summed E-state index contributed by atoms with van der Waals surface area (Å²) in [5, 5.41) is 9.82. The number of thiophene rings is 1. The Hall–Kier alpha value is -9.42. The van der Waals surface area contributed by atoms with Gasteiger partial charge in [-0.1, -0.05) is 164 Å². The molecule has 0 aliphatic carbocycles. The number of rotatable bonds is 10. The third kappa shape index (κ3) is 7.37. The highest BCUT2D eigenvalue weighted by atomic mass is 32.1. The molecule has 12 aromatic carbocycles. The molecule has 0 unspecified atom stereocenters. The van der Waals surface area contributed by atoms with Gasteiger partial charge in [0.2, 0.25) is 0 Å². The maximum Gasteiger partial charge on any atom is 0.0646 e. The van der Waals surface area contributed by atoms with Gasteiger partial charge in [-0.05, 0) is 137 Å². The summed E-state index contributed by atoms with van der Waals surface area (Å²) in [6.45, 7) is 0. The molecule has 0 spiro atoms. The van der Waals surface area contributed by atoms with E-state index < -0.39 is 0 Å². The van der Waals surface area contributed by atoms with Gasteiger partial charge in [0, 0.05) is 77.4 Å². The molecule has 0 bridgehead atoms. The van der Waals surface area contributed by atoms with Crippen molar-refractivity contribution < 1.29 is 0 Å². The number of hydrogen-bond donors (Lipinski definition) is 0. The molecule has 0 aliphatic rings. The van der Waals surface area contributed by atoms with E-state index in [4.69, 9.17) is 0 Å². The quantitative estimate of drug-likeness (QED) is 0.136. The highest BCUT2D eigenvalue weighted by Gasteiger charge is 2.24. The molecule has 0 atom stereocenters. The molecule has 0 aliphatic heterocycles. The third-order valence-corrected chi connectivity index (χ3v) is 15.4. The molecule has 0 radical (unpaired) electrons. The first kappa shape index (κ1) is 42.5. The topological polar surface area (TPSA) is 14.7 Å². The van der Waals surface area contributed by atoms with Crippen molar-refractivity contribution in [3.8, 4) is 5.69 Å². The van der Waals surface area contributed by atoms with E-state index in [1.807, 2.05) is 11.3 Å². The molecule has 0 amide bonds. The fourth-order valence-corrected chi connectivity index (χ4v) is 12.2. The lowest BCUT2D eigenvalue weighted by Crippen LogP contribution is -2.10. The average molecular weight is 951 g/mol. The molecule has 0 N–H and O–H groups in total. The first-order valence-electron chi connectivity index (χ1n) is 24.8. The van der Waals surface area contributed by atoms with Crippen LogP contribution in [-0.4, -0.2) is 4.57 Å². The van der Waals surface area contributed by atoms with E-state index >= 15 is 0 Å². The number of fused-ring (bicyclic) bond motifs is 9. The van der Waals surface area contributed by atoms with E-state index in [1.165, 1.54) is 58.2 Å². The summed E-state index contributed by atoms with van der Waals surface area (Å²) in [5.41, 5.74) is 13.3. The van der Waals surface area contributed by atoms with Crippen LogP contribution < -0.4 is 14.7 Å². The molecule has 5 heteroatoms. The van der Waals surface area contributed by atoms with Crippen LogP contribution in [0.1, 0.15) is 0 Å². The minimum absolute atomic E-state index is 1.08. The zero-order chi connectivity index (χ0) is 48.2. The van der Waals surface area contributed by atoms with Gasteiger partial charge in [0.25, 0.3) is 0 Å². The molecule has 0 fully saturated rings. The van der Waals surface area contributed by atoms with Gasteiger partial charge in [-0.25, -0.2) is 0 Å². The number of benzene rings is 12. The average Bonchev–Trinajstić information content (AvgIpc) is 4.01. The van der Waals surface area contributed by atoms with Crippen LogP contribution in [0.25, 0.3) is 69.2 Å². The van der Waals surface area contributed by atoms with Crippen molar-refractivity contribution in [3.63, 3.8) is 0 Å². The maximum absolute atomic E-state index is 2.44. The second kappa shape index (κ2) is 17.8. The lowest BCUT2D eigenvalue weighted by molar-refractivity contribution is 1.17. The van der Waals surface area contributed by atoms with Crippen LogP contribution in [0.5, 0.6) is 0 Å². The van der Waals surface area contributed by atoms with Crippen molar-refractivity contribution in [2.24, 2.45) is 0 Å². The van der Waals surface area contributed by atoms with Crippen molar-refractivity contribution in [1.29, 1.82) is 0 Å². The highest BCUT2D eigenvalue weighted by molar-refractivity contribution is 7.26. The molecule has 14 aromatic rings. The molecule has 4 nitrogen and oxygen atoms in total. The Morgan fingerprint density at radius 1 is 0.274 bits per heavy atom. The first-order chi connectivity index (χ1) is 36.2. The van der Waals surface area contributed by atoms with Crippen LogP contribution >= 0.6 is 11.3 Å². The number of hydrogen-bond acceptors (Lipinski definition) is 4. The van der Waals surface area contributed by atoms with Crippen LogP contribution in [0, 0.1) is 0 Å². The molecule has 0 saturated carbocycles. The zero-order valence-electron chi connectivity index (χ0n) is 39.8. The highest BCUT2D eigenvalue weighted by Crippen LogP contribution is 2.50. The molecule has 73 heavy (non-hydrogen) atoms. The molecule has 2 heterocycles. The molecular weight excluding hydrogens is 905 g/mol. The van der Waals surface area contributed by atoms with E-state index in [2.05, 4.69) is 298 Å². The summed E-state index contributed by atoms with van der Waals surface area (Å²) >= 11 is 1.87. The summed E-state index contributed by atoms with van der Waals surface area (Å²) in [4.78, 5) is 7.20. The fraction of sp³-hybridized carbons (Fsp3) is 0. The maximum atomic E-state index is 2.44. The lowest BCUT2D eigenvalue weighted by Gasteiger charge is -2.26. The molecule has 14 rings (SSSR count). The van der Waals surface area contributed by atoms with Gasteiger partial charge < -0.3 is 19.3 Å². The summed E-state index contributed by atoms with van der Waals surface area (Å²) < 4.78 is 4.93. The predicted octanol–water partition coefficient (Wildman–Crippen LogP) is 19.9. The number of para-hydroxylation sites is 5.